The van der Waals surface area contributed by atoms with Crippen LogP contribution in [0.25, 0.3) is 0 Å². The fourth-order valence-corrected chi connectivity index (χ4v) is 3.35. The third-order valence-electron chi connectivity index (χ3n) is 4.71. The number of nitrogens with one attached hydrogen (secondary N) is 1. The quantitative estimate of drug-likeness (QED) is 0.775. The lowest BCUT2D eigenvalue weighted by atomic mass is 9.96. The van der Waals surface area contributed by atoms with Gasteiger partial charge in [0.15, 0.2) is 11.0 Å². The van der Waals surface area contributed by atoms with E-state index in [0.29, 0.717) is 23.1 Å². The van der Waals surface area contributed by atoms with Gasteiger partial charge in [0.1, 0.15) is 5.75 Å². The summed E-state index contributed by atoms with van der Waals surface area (Å²) in [5.41, 5.74) is 0.684. The number of aromatic nitrogens is 2. The maximum atomic E-state index is 12.7. The van der Waals surface area contributed by atoms with Crippen LogP contribution in [0.2, 0.25) is 5.15 Å². The average molecular weight is 429 g/mol. The minimum atomic E-state index is -4.73. The molecule has 1 saturated heterocycles. The van der Waals surface area contributed by atoms with Gasteiger partial charge in [0.2, 0.25) is 5.91 Å². The summed E-state index contributed by atoms with van der Waals surface area (Å²) >= 11 is 5.77. The Morgan fingerprint density at radius 3 is 2.59 bits per heavy atom. The highest BCUT2D eigenvalue weighted by atomic mass is 35.5. The van der Waals surface area contributed by atoms with Crippen LogP contribution in [0, 0.1) is 5.92 Å². The number of rotatable bonds is 5. The number of ether oxygens (including phenoxy) is 1. The Labute approximate surface area is 171 Å². The van der Waals surface area contributed by atoms with Gasteiger partial charge >= 0.3 is 6.36 Å². The van der Waals surface area contributed by atoms with Gasteiger partial charge in [0, 0.05) is 13.1 Å². The first-order valence-electron chi connectivity index (χ1n) is 9.11. The number of carbonyl (C=O) groups is 1. The Hall–Kier alpha value is -2.55. The number of hydrogen-bond donors (Lipinski definition) is 1. The molecule has 1 aliphatic heterocycles. The molecule has 3 rings (SSSR count). The molecular formula is C19H20ClF3N4O2. The van der Waals surface area contributed by atoms with Crippen molar-refractivity contribution in [3.05, 3.63) is 47.1 Å². The molecule has 1 fully saturated rings. The number of amides is 1. The number of hydrogen-bond acceptors (Lipinski definition) is 5. The van der Waals surface area contributed by atoms with E-state index in [9.17, 15) is 18.0 Å². The molecule has 2 aromatic rings. The molecule has 2 heterocycles. The second kappa shape index (κ2) is 8.86. The number of anilines is 1. The van der Waals surface area contributed by atoms with Crippen molar-refractivity contribution in [1.82, 2.24) is 15.5 Å². The number of alkyl halides is 3. The molecule has 0 spiro atoms. The summed E-state index contributed by atoms with van der Waals surface area (Å²) in [6.45, 7) is 3.06. The molecule has 0 bridgehead atoms. The van der Waals surface area contributed by atoms with E-state index in [1.807, 2.05) is 4.90 Å². The molecule has 1 aromatic heterocycles. The zero-order valence-corrected chi connectivity index (χ0v) is 16.4. The van der Waals surface area contributed by atoms with E-state index in [0.717, 1.165) is 19.4 Å². The van der Waals surface area contributed by atoms with Crippen LogP contribution in [-0.2, 0) is 4.79 Å². The summed E-state index contributed by atoms with van der Waals surface area (Å²) in [6, 6.07) is 8.53. The van der Waals surface area contributed by atoms with Crippen LogP contribution < -0.4 is 15.0 Å². The van der Waals surface area contributed by atoms with Gasteiger partial charge in [-0.2, -0.15) is 0 Å². The molecule has 2 atom stereocenters. The van der Waals surface area contributed by atoms with E-state index in [4.69, 9.17) is 11.6 Å². The Bertz CT molecular complexity index is 831. The molecule has 1 amide bonds. The van der Waals surface area contributed by atoms with Gasteiger partial charge in [0.05, 0.1) is 12.0 Å². The zero-order valence-electron chi connectivity index (χ0n) is 15.6. The van der Waals surface area contributed by atoms with Crippen LogP contribution in [0.5, 0.6) is 5.75 Å². The normalized spacial score (nSPS) is 18.2. The first kappa shape index (κ1) is 21.2. The van der Waals surface area contributed by atoms with Gasteiger partial charge in [-0.3, -0.25) is 4.79 Å². The topological polar surface area (TPSA) is 67.4 Å². The largest absolute Gasteiger partial charge is 0.573 e. The Morgan fingerprint density at radius 2 is 1.97 bits per heavy atom. The summed E-state index contributed by atoms with van der Waals surface area (Å²) in [4.78, 5) is 14.7. The number of carbonyl (C=O) groups excluding carboxylic acids is 1. The van der Waals surface area contributed by atoms with Crippen molar-refractivity contribution in [2.75, 3.05) is 18.0 Å². The lowest BCUT2D eigenvalue weighted by molar-refractivity contribution is -0.274. The van der Waals surface area contributed by atoms with Crippen molar-refractivity contribution < 1.29 is 22.7 Å². The summed E-state index contributed by atoms with van der Waals surface area (Å²) in [6.07, 6.45) is -3.16. The van der Waals surface area contributed by atoms with Gasteiger partial charge < -0.3 is 15.0 Å². The van der Waals surface area contributed by atoms with Crippen molar-refractivity contribution in [3.63, 3.8) is 0 Å². The van der Waals surface area contributed by atoms with Crippen molar-refractivity contribution in [1.29, 1.82) is 0 Å². The molecule has 2 unspecified atom stereocenters. The van der Waals surface area contributed by atoms with Gasteiger partial charge in [-0.15, -0.1) is 23.4 Å². The van der Waals surface area contributed by atoms with Gasteiger partial charge in [-0.25, -0.2) is 0 Å². The highest BCUT2D eigenvalue weighted by molar-refractivity contribution is 6.29. The predicted molar refractivity (Wildman–Crippen MR) is 102 cm³/mol. The molecular weight excluding hydrogens is 409 g/mol. The Morgan fingerprint density at radius 1 is 1.24 bits per heavy atom. The maximum absolute atomic E-state index is 12.7. The van der Waals surface area contributed by atoms with Gasteiger partial charge in [0.25, 0.3) is 0 Å². The zero-order chi connectivity index (χ0) is 21.0. The van der Waals surface area contributed by atoms with Gasteiger partial charge in [-0.05, 0) is 49.6 Å². The minimum Gasteiger partial charge on any atom is -0.406 e. The summed E-state index contributed by atoms with van der Waals surface area (Å²) < 4.78 is 40.6. The Kier molecular flexibility index (Phi) is 6.46. The van der Waals surface area contributed by atoms with Gasteiger partial charge in [-0.1, -0.05) is 23.7 Å². The molecule has 1 aromatic carbocycles. The molecule has 1 N–H and O–H groups in total. The van der Waals surface area contributed by atoms with Crippen molar-refractivity contribution in [2.24, 2.45) is 5.92 Å². The molecule has 29 heavy (non-hydrogen) atoms. The van der Waals surface area contributed by atoms with Crippen LogP contribution in [0.15, 0.2) is 36.4 Å². The minimum absolute atomic E-state index is 0.111. The van der Waals surface area contributed by atoms with Crippen LogP contribution >= 0.6 is 11.6 Å². The second-order valence-electron chi connectivity index (χ2n) is 6.85. The van der Waals surface area contributed by atoms with Crippen LogP contribution in [-0.4, -0.2) is 35.6 Å². The fraction of sp³-hybridized carbons (Fsp3) is 0.421. The highest BCUT2D eigenvalue weighted by Crippen LogP contribution is 2.26. The summed E-state index contributed by atoms with van der Waals surface area (Å²) in [7, 11) is 0. The number of benzene rings is 1. The molecule has 0 aliphatic carbocycles. The number of halogens is 4. The number of nitrogens with zero attached hydrogens (tertiary/aromatic N) is 3. The standard InChI is InChI=1S/C19H20ClF3N4O2/c1-12(13-4-6-15(7-5-13)29-19(21,22)23)24-18(28)14-3-2-10-27(11-14)17-9-8-16(20)25-26-17/h4-9,12,14H,2-3,10-11H2,1H3,(H,24,28). The lowest BCUT2D eigenvalue weighted by Gasteiger charge is -2.33. The van der Waals surface area contributed by atoms with E-state index < -0.39 is 6.36 Å². The SMILES string of the molecule is CC(NC(=O)C1CCCN(c2ccc(Cl)nn2)C1)c1ccc(OC(F)(F)F)cc1. The fourth-order valence-electron chi connectivity index (χ4n) is 3.25. The van der Waals surface area contributed by atoms with Crippen molar-refractivity contribution >= 4 is 23.3 Å². The van der Waals surface area contributed by atoms with E-state index in [1.165, 1.54) is 24.3 Å². The highest BCUT2D eigenvalue weighted by Gasteiger charge is 2.31. The molecule has 0 saturated carbocycles. The van der Waals surface area contributed by atoms with Crippen molar-refractivity contribution in [3.8, 4) is 5.75 Å². The first-order chi connectivity index (χ1) is 13.7. The van der Waals surface area contributed by atoms with Crippen LogP contribution in [0.1, 0.15) is 31.4 Å². The molecule has 156 valence electrons. The average Bonchev–Trinajstić information content (AvgIpc) is 2.68. The maximum Gasteiger partial charge on any atom is 0.573 e. The summed E-state index contributed by atoms with van der Waals surface area (Å²) in [5, 5.41) is 11.1. The third-order valence-corrected chi connectivity index (χ3v) is 4.91. The van der Waals surface area contributed by atoms with Crippen LogP contribution in [0.3, 0.4) is 0 Å². The van der Waals surface area contributed by atoms with E-state index in [1.54, 1.807) is 19.1 Å². The van der Waals surface area contributed by atoms with E-state index >= 15 is 0 Å². The van der Waals surface area contributed by atoms with Crippen LogP contribution in [0.4, 0.5) is 19.0 Å². The smallest absolute Gasteiger partial charge is 0.406 e. The van der Waals surface area contributed by atoms with E-state index in [-0.39, 0.29) is 23.6 Å². The molecule has 10 heteroatoms. The first-order valence-corrected chi connectivity index (χ1v) is 9.49. The second-order valence-corrected chi connectivity index (χ2v) is 7.23. The predicted octanol–water partition coefficient (Wildman–Crippen LogP) is 4.12. The van der Waals surface area contributed by atoms with Crippen molar-refractivity contribution in [2.45, 2.75) is 32.2 Å². The summed E-state index contributed by atoms with van der Waals surface area (Å²) in [5.74, 6) is 0.0308. The monoisotopic (exact) mass is 428 g/mol. The lowest BCUT2D eigenvalue weighted by Crippen LogP contribution is -2.44. The van der Waals surface area contributed by atoms with E-state index in [2.05, 4.69) is 20.3 Å². The Balaban J connectivity index is 1.58. The molecule has 1 aliphatic rings. The third kappa shape index (κ3) is 5.96. The molecule has 0 radical (unpaired) electrons. The molecule has 6 nitrogen and oxygen atoms in total. The number of piperidine rings is 1.